The smallest absolute Gasteiger partial charge is 0.0174 e. The summed E-state index contributed by atoms with van der Waals surface area (Å²) in [6.45, 7) is 10.3. The zero-order chi connectivity index (χ0) is 8.41. The summed E-state index contributed by atoms with van der Waals surface area (Å²) in [4.78, 5) is 0. The van der Waals surface area contributed by atoms with E-state index >= 15 is 0 Å². The lowest BCUT2D eigenvalue weighted by Gasteiger charge is -1.88. The van der Waals surface area contributed by atoms with Crippen LogP contribution in [0.2, 0.25) is 0 Å². The van der Waals surface area contributed by atoms with Crippen molar-refractivity contribution >= 4 is 0 Å². The topological polar surface area (TPSA) is 26.0 Å². The van der Waals surface area contributed by atoms with E-state index in [4.69, 9.17) is 5.73 Å². The summed E-state index contributed by atoms with van der Waals surface area (Å²) in [5, 5.41) is 0. The molecule has 0 heterocycles. The maximum Gasteiger partial charge on any atom is 0.0174 e. The molecule has 0 saturated heterocycles. The molecule has 1 heteroatoms. The van der Waals surface area contributed by atoms with Crippen LogP contribution in [0.15, 0.2) is 24.3 Å². The molecule has 1 nitrogen and oxygen atoms in total. The molecule has 0 aromatic heterocycles. The van der Waals surface area contributed by atoms with E-state index in [0.29, 0.717) is 6.54 Å². The van der Waals surface area contributed by atoms with Crippen molar-refractivity contribution in [2.24, 2.45) is 5.73 Å². The van der Waals surface area contributed by atoms with Crippen molar-refractivity contribution in [1.82, 2.24) is 0 Å². The fourth-order valence-corrected chi connectivity index (χ4v) is 0.319. The molecule has 0 spiro atoms. The molecule has 0 aromatic rings. The number of nitrogens with two attached hydrogens (primary N) is 1. The zero-order valence-electron chi connectivity index (χ0n) is 7.35. The van der Waals surface area contributed by atoms with Crippen LogP contribution in [0.5, 0.6) is 0 Å². The summed E-state index contributed by atoms with van der Waals surface area (Å²) in [5.74, 6) is 0. The lowest BCUT2D eigenvalue weighted by Crippen LogP contribution is -1.99. The Hall–Kier alpha value is -0.560. The number of allylic oxidation sites excluding steroid dienone is 1. The van der Waals surface area contributed by atoms with E-state index in [1.54, 1.807) is 6.08 Å². The van der Waals surface area contributed by atoms with Gasteiger partial charge in [-0.05, 0) is 12.5 Å². The number of rotatable bonds is 2. The van der Waals surface area contributed by atoms with E-state index in [2.05, 4.69) is 20.4 Å². The molecule has 0 saturated carbocycles. The molecule has 2 N–H and O–H groups in total. The van der Waals surface area contributed by atoms with Crippen molar-refractivity contribution in [1.29, 1.82) is 0 Å². The normalized spacial score (nSPS) is 9.80. The fraction of sp³-hybridized carbons (Fsp3) is 0.556. The van der Waals surface area contributed by atoms with Gasteiger partial charge in [-0.3, -0.25) is 0 Å². The Labute approximate surface area is 64.6 Å². The second-order valence-corrected chi connectivity index (χ2v) is 1.98. The third-order valence-electron chi connectivity index (χ3n) is 0.869. The van der Waals surface area contributed by atoms with E-state index in [0.717, 1.165) is 5.57 Å². The molecule has 0 fully saturated rings. The van der Waals surface area contributed by atoms with Gasteiger partial charge in [-0.1, -0.05) is 39.0 Å². The van der Waals surface area contributed by atoms with Gasteiger partial charge in [0.2, 0.25) is 0 Å². The molecular weight excluding hydrogens is 122 g/mol. The molecule has 60 valence electrons. The highest BCUT2D eigenvalue weighted by atomic mass is 14.5. The van der Waals surface area contributed by atoms with Crippen LogP contribution < -0.4 is 5.73 Å². The Balaban J connectivity index is 0. The molecule has 0 rings (SSSR count). The van der Waals surface area contributed by atoms with Crippen LogP contribution in [0.25, 0.3) is 0 Å². The quantitative estimate of drug-likeness (QED) is 0.587. The number of hydrogen-bond acceptors (Lipinski definition) is 1. The average molecular weight is 141 g/mol. The molecule has 0 aliphatic heterocycles. The van der Waals surface area contributed by atoms with E-state index in [1.165, 1.54) is 6.42 Å². The van der Waals surface area contributed by atoms with Crippen LogP contribution in [0.1, 0.15) is 27.2 Å². The third kappa shape index (κ3) is 10.4. The van der Waals surface area contributed by atoms with Gasteiger partial charge < -0.3 is 5.73 Å². The van der Waals surface area contributed by atoms with Crippen LogP contribution >= 0.6 is 0 Å². The minimum Gasteiger partial charge on any atom is -0.327 e. The Morgan fingerprint density at radius 1 is 1.50 bits per heavy atom. The molecule has 0 atom stereocenters. The van der Waals surface area contributed by atoms with Gasteiger partial charge in [0.05, 0.1) is 0 Å². The Morgan fingerprint density at radius 3 is 1.90 bits per heavy atom. The van der Waals surface area contributed by atoms with Gasteiger partial charge in [0.15, 0.2) is 0 Å². The van der Waals surface area contributed by atoms with E-state index in [-0.39, 0.29) is 0 Å². The SMILES string of the molecule is C=C/C(=C\C)CN.CCC. The molecule has 0 amide bonds. The van der Waals surface area contributed by atoms with Gasteiger partial charge >= 0.3 is 0 Å². The highest BCUT2D eigenvalue weighted by Gasteiger charge is 1.77. The second kappa shape index (κ2) is 11.3. The van der Waals surface area contributed by atoms with Crippen LogP contribution in [0.4, 0.5) is 0 Å². The van der Waals surface area contributed by atoms with Gasteiger partial charge in [0.1, 0.15) is 0 Å². The van der Waals surface area contributed by atoms with Crippen molar-refractivity contribution < 1.29 is 0 Å². The Bertz CT molecular complexity index is 92.9. The monoisotopic (exact) mass is 141 g/mol. The molecule has 0 bridgehead atoms. The molecule has 0 unspecified atom stereocenters. The molecule has 0 aromatic carbocycles. The van der Waals surface area contributed by atoms with Gasteiger partial charge in [-0.25, -0.2) is 0 Å². The molecular formula is C9H19N. The molecule has 10 heavy (non-hydrogen) atoms. The summed E-state index contributed by atoms with van der Waals surface area (Å²) >= 11 is 0. The first kappa shape index (κ1) is 12.1. The van der Waals surface area contributed by atoms with Crippen LogP contribution in [0, 0.1) is 0 Å². The summed E-state index contributed by atoms with van der Waals surface area (Å²) in [5.41, 5.74) is 6.35. The average Bonchev–Trinajstić information content (AvgIpc) is 1.93. The van der Waals surface area contributed by atoms with Crippen molar-refractivity contribution in [3.63, 3.8) is 0 Å². The first-order valence-corrected chi connectivity index (χ1v) is 3.74. The Morgan fingerprint density at radius 2 is 1.90 bits per heavy atom. The summed E-state index contributed by atoms with van der Waals surface area (Å²) in [6.07, 6.45) is 4.97. The predicted molar refractivity (Wildman–Crippen MR) is 49.0 cm³/mol. The van der Waals surface area contributed by atoms with Crippen molar-refractivity contribution in [3.05, 3.63) is 24.3 Å². The van der Waals surface area contributed by atoms with Gasteiger partial charge in [-0.2, -0.15) is 0 Å². The fourth-order valence-electron chi connectivity index (χ4n) is 0.319. The van der Waals surface area contributed by atoms with E-state index < -0.39 is 0 Å². The summed E-state index contributed by atoms with van der Waals surface area (Å²) in [7, 11) is 0. The van der Waals surface area contributed by atoms with E-state index in [1.807, 2.05) is 13.0 Å². The first-order valence-electron chi connectivity index (χ1n) is 3.74. The highest BCUT2D eigenvalue weighted by molar-refractivity contribution is 5.15. The minimum atomic E-state index is 0.597. The lowest BCUT2D eigenvalue weighted by atomic mass is 10.2. The molecule has 0 aliphatic carbocycles. The van der Waals surface area contributed by atoms with Crippen molar-refractivity contribution in [2.45, 2.75) is 27.2 Å². The van der Waals surface area contributed by atoms with Crippen molar-refractivity contribution in [3.8, 4) is 0 Å². The van der Waals surface area contributed by atoms with Crippen LogP contribution in [-0.4, -0.2) is 6.54 Å². The second-order valence-electron chi connectivity index (χ2n) is 1.98. The van der Waals surface area contributed by atoms with Crippen molar-refractivity contribution in [2.75, 3.05) is 6.54 Å². The zero-order valence-corrected chi connectivity index (χ0v) is 7.35. The lowest BCUT2D eigenvalue weighted by molar-refractivity contribution is 1.09. The molecule has 0 aliphatic rings. The highest BCUT2D eigenvalue weighted by Crippen LogP contribution is 1.88. The van der Waals surface area contributed by atoms with Crippen LogP contribution in [-0.2, 0) is 0 Å². The largest absolute Gasteiger partial charge is 0.327 e. The molecule has 0 radical (unpaired) electrons. The summed E-state index contributed by atoms with van der Waals surface area (Å²) < 4.78 is 0. The first-order chi connectivity index (χ1) is 4.76. The maximum atomic E-state index is 5.25. The predicted octanol–water partition coefficient (Wildman–Crippen LogP) is 2.49. The minimum absolute atomic E-state index is 0.597. The van der Waals surface area contributed by atoms with Gasteiger partial charge in [0, 0.05) is 6.54 Å². The van der Waals surface area contributed by atoms with Gasteiger partial charge in [-0.15, -0.1) is 0 Å². The summed E-state index contributed by atoms with van der Waals surface area (Å²) in [6, 6.07) is 0. The Kier molecular flexibility index (Phi) is 13.7. The third-order valence-corrected chi connectivity index (χ3v) is 0.869. The van der Waals surface area contributed by atoms with E-state index in [9.17, 15) is 0 Å². The number of hydrogen-bond donors (Lipinski definition) is 1. The standard InChI is InChI=1S/C6H11N.C3H8/c1-3-6(4-2)5-7;1-3-2/h3-4H,1,5,7H2,2H3;3H2,1-2H3/b6-4+;. The maximum absolute atomic E-state index is 5.25. The van der Waals surface area contributed by atoms with Gasteiger partial charge in [0.25, 0.3) is 0 Å². The van der Waals surface area contributed by atoms with Crippen LogP contribution in [0.3, 0.4) is 0 Å².